The molecule has 3 aromatic rings. The van der Waals surface area contributed by atoms with Crippen LogP contribution in [0.5, 0.6) is 0 Å². The third kappa shape index (κ3) is 6.25. The van der Waals surface area contributed by atoms with Crippen LogP contribution < -0.4 is 15.5 Å². The Bertz CT molecular complexity index is 1200. The fourth-order valence-corrected chi connectivity index (χ4v) is 4.32. The third-order valence-electron chi connectivity index (χ3n) is 6.17. The molecule has 0 unspecified atom stereocenters. The van der Waals surface area contributed by atoms with Gasteiger partial charge in [0.2, 0.25) is 0 Å². The van der Waals surface area contributed by atoms with Crippen LogP contribution in [0.3, 0.4) is 0 Å². The van der Waals surface area contributed by atoms with Crippen LogP contribution in [0.15, 0.2) is 72.8 Å². The molecule has 2 N–H and O–H groups in total. The van der Waals surface area contributed by atoms with E-state index in [2.05, 4.69) is 22.5 Å². The minimum absolute atomic E-state index is 0.0908. The number of amides is 2. The highest BCUT2D eigenvalue weighted by molar-refractivity contribution is 7.80. The summed E-state index contributed by atoms with van der Waals surface area (Å²) in [5, 5.41) is 6.04. The zero-order valence-electron chi connectivity index (χ0n) is 20.1. The van der Waals surface area contributed by atoms with Crippen molar-refractivity contribution in [3.63, 3.8) is 0 Å². The van der Waals surface area contributed by atoms with Gasteiger partial charge in [0.1, 0.15) is 0 Å². The molecule has 1 saturated heterocycles. The minimum Gasteiger partial charge on any atom is -0.368 e. The molecule has 0 aliphatic carbocycles. The van der Waals surface area contributed by atoms with Crippen molar-refractivity contribution in [2.24, 2.45) is 0 Å². The Morgan fingerprint density at radius 1 is 0.886 bits per heavy atom. The molecule has 1 aliphatic heterocycles. The number of hydrogen-bond donors (Lipinski definition) is 2. The lowest BCUT2D eigenvalue weighted by molar-refractivity contribution is 0.0746. The first-order valence-corrected chi connectivity index (χ1v) is 12.3. The third-order valence-corrected chi connectivity index (χ3v) is 6.38. The van der Waals surface area contributed by atoms with Gasteiger partial charge in [-0.2, -0.15) is 0 Å². The predicted octanol–water partition coefficient (Wildman–Crippen LogP) is 4.65. The average molecular weight is 487 g/mol. The predicted molar refractivity (Wildman–Crippen MR) is 145 cm³/mol. The fourth-order valence-electron chi connectivity index (χ4n) is 4.11. The van der Waals surface area contributed by atoms with Crippen molar-refractivity contribution >= 4 is 40.5 Å². The van der Waals surface area contributed by atoms with Gasteiger partial charge in [0.05, 0.1) is 0 Å². The second kappa shape index (κ2) is 11.1. The summed E-state index contributed by atoms with van der Waals surface area (Å²) in [5.41, 5.74) is 5.45. The maximum absolute atomic E-state index is 12.8. The van der Waals surface area contributed by atoms with Gasteiger partial charge in [0.15, 0.2) is 5.11 Å². The van der Waals surface area contributed by atoms with Crippen molar-refractivity contribution in [1.29, 1.82) is 0 Å². The summed E-state index contributed by atoms with van der Waals surface area (Å²) in [6, 6.07) is 23.2. The Morgan fingerprint density at radius 2 is 1.57 bits per heavy atom. The van der Waals surface area contributed by atoms with E-state index in [9.17, 15) is 9.59 Å². The van der Waals surface area contributed by atoms with Crippen LogP contribution in [0.1, 0.15) is 38.8 Å². The topological polar surface area (TPSA) is 64.7 Å². The normalized spacial score (nSPS) is 13.3. The van der Waals surface area contributed by atoms with Crippen molar-refractivity contribution in [1.82, 2.24) is 10.2 Å². The van der Waals surface area contributed by atoms with Crippen LogP contribution in [0.2, 0.25) is 0 Å². The molecule has 35 heavy (non-hydrogen) atoms. The zero-order chi connectivity index (χ0) is 24.8. The highest BCUT2D eigenvalue weighted by atomic mass is 32.1. The van der Waals surface area contributed by atoms with E-state index in [4.69, 9.17) is 12.2 Å². The van der Waals surface area contributed by atoms with Gasteiger partial charge in [0.25, 0.3) is 11.8 Å². The molecule has 1 fully saturated rings. The molecule has 0 radical (unpaired) electrons. The number of anilines is 2. The summed E-state index contributed by atoms with van der Waals surface area (Å²) in [6.07, 6.45) is 0.968. The summed E-state index contributed by atoms with van der Waals surface area (Å²) in [4.78, 5) is 29.4. The Balaban J connectivity index is 1.27. The van der Waals surface area contributed by atoms with Gasteiger partial charge in [0, 0.05) is 48.7 Å². The summed E-state index contributed by atoms with van der Waals surface area (Å²) in [6.45, 7) is 6.97. The first-order valence-electron chi connectivity index (χ1n) is 11.8. The summed E-state index contributed by atoms with van der Waals surface area (Å²) in [5.74, 6) is -0.149. The lowest BCUT2D eigenvalue weighted by Gasteiger charge is -2.36. The summed E-state index contributed by atoms with van der Waals surface area (Å²) in [7, 11) is 0. The number of benzene rings is 3. The Morgan fingerprint density at radius 3 is 2.20 bits per heavy atom. The van der Waals surface area contributed by atoms with Crippen molar-refractivity contribution in [2.45, 2.75) is 20.3 Å². The van der Waals surface area contributed by atoms with Gasteiger partial charge in [-0.25, -0.2) is 0 Å². The van der Waals surface area contributed by atoms with Crippen LogP contribution in [-0.2, 0) is 6.42 Å². The SMILES string of the molecule is CCc1ccc(C(=O)N2CCN(c3ccc(NC(=S)NC(=O)c4cccc(C)c4)cc3)CC2)cc1. The van der Waals surface area contributed by atoms with Crippen LogP contribution in [0.4, 0.5) is 11.4 Å². The highest BCUT2D eigenvalue weighted by Crippen LogP contribution is 2.20. The Kier molecular flexibility index (Phi) is 7.77. The summed E-state index contributed by atoms with van der Waals surface area (Å²) < 4.78 is 0. The van der Waals surface area contributed by atoms with Crippen LogP contribution in [0, 0.1) is 6.92 Å². The molecule has 0 spiro atoms. The minimum atomic E-state index is -0.239. The van der Waals surface area contributed by atoms with Crippen molar-refractivity contribution < 1.29 is 9.59 Å². The number of nitrogens with zero attached hydrogens (tertiary/aromatic N) is 2. The first-order chi connectivity index (χ1) is 16.9. The van der Waals surface area contributed by atoms with Crippen LogP contribution >= 0.6 is 12.2 Å². The quantitative estimate of drug-likeness (QED) is 0.514. The maximum atomic E-state index is 12.8. The van der Waals surface area contributed by atoms with E-state index in [1.54, 1.807) is 6.07 Å². The van der Waals surface area contributed by atoms with E-state index >= 15 is 0 Å². The van der Waals surface area contributed by atoms with E-state index in [1.165, 1.54) is 5.56 Å². The van der Waals surface area contributed by atoms with E-state index in [-0.39, 0.29) is 16.9 Å². The molecule has 0 aromatic heterocycles. The molecular weight excluding hydrogens is 456 g/mol. The molecule has 0 saturated carbocycles. The standard InChI is InChI=1S/C28H30N4O2S/c1-3-21-7-9-22(10-8-21)27(34)32-17-15-31(16-18-32)25-13-11-24(12-14-25)29-28(35)30-26(33)23-6-4-5-20(2)19-23/h4-14,19H,3,15-18H2,1-2H3,(H2,29,30,33,35). The number of carbonyl (C=O) groups excluding carboxylic acids is 2. The van der Waals surface area contributed by atoms with Gasteiger partial charge in [-0.1, -0.05) is 36.8 Å². The highest BCUT2D eigenvalue weighted by Gasteiger charge is 2.22. The second-order valence-corrected chi connectivity index (χ2v) is 9.06. The van der Waals surface area contributed by atoms with Gasteiger partial charge in [-0.15, -0.1) is 0 Å². The van der Waals surface area contributed by atoms with E-state index in [0.29, 0.717) is 18.7 Å². The molecular formula is C28H30N4O2S. The monoisotopic (exact) mass is 486 g/mol. The van der Waals surface area contributed by atoms with E-state index < -0.39 is 0 Å². The van der Waals surface area contributed by atoms with Gasteiger partial charge < -0.3 is 15.1 Å². The Labute approximate surface area is 211 Å². The van der Waals surface area contributed by atoms with Crippen molar-refractivity contribution in [3.8, 4) is 0 Å². The summed E-state index contributed by atoms with van der Waals surface area (Å²) >= 11 is 5.30. The van der Waals surface area contributed by atoms with E-state index in [1.807, 2.05) is 78.6 Å². The average Bonchev–Trinajstić information content (AvgIpc) is 2.89. The van der Waals surface area contributed by atoms with Gasteiger partial charge >= 0.3 is 0 Å². The number of carbonyl (C=O) groups is 2. The molecule has 1 aliphatic rings. The molecule has 180 valence electrons. The number of rotatable bonds is 5. The molecule has 3 aromatic carbocycles. The molecule has 6 nitrogen and oxygen atoms in total. The molecule has 1 heterocycles. The largest absolute Gasteiger partial charge is 0.368 e. The van der Waals surface area contributed by atoms with Crippen LogP contribution in [0.25, 0.3) is 0 Å². The van der Waals surface area contributed by atoms with Crippen LogP contribution in [-0.4, -0.2) is 48.0 Å². The maximum Gasteiger partial charge on any atom is 0.257 e. The van der Waals surface area contributed by atoms with Crippen molar-refractivity contribution in [3.05, 3.63) is 95.1 Å². The zero-order valence-corrected chi connectivity index (χ0v) is 20.9. The number of piperazine rings is 1. The van der Waals surface area contributed by atoms with Crippen molar-refractivity contribution in [2.75, 3.05) is 36.4 Å². The number of aryl methyl sites for hydroxylation is 2. The first kappa shape index (κ1) is 24.4. The molecule has 2 amide bonds. The van der Waals surface area contributed by atoms with E-state index in [0.717, 1.165) is 42.0 Å². The lowest BCUT2D eigenvalue weighted by atomic mass is 10.1. The van der Waals surface area contributed by atoms with Gasteiger partial charge in [-0.05, 0) is 79.7 Å². The molecule has 7 heteroatoms. The number of thiocarbonyl (C=S) groups is 1. The lowest BCUT2D eigenvalue weighted by Crippen LogP contribution is -2.48. The number of hydrogen-bond acceptors (Lipinski definition) is 4. The van der Waals surface area contributed by atoms with Gasteiger partial charge in [-0.3, -0.25) is 14.9 Å². The fraction of sp³-hybridized carbons (Fsp3) is 0.250. The smallest absolute Gasteiger partial charge is 0.257 e. The molecule has 0 atom stereocenters. The Hall–Kier alpha value is -3.71. The number of nitrogens with one attached hydrogen (secondary N) is 2. The molecule has 0 bridgehead atoms. The second-order valence-electron chi connectivity index (χ2n) is 8.65. The molecule has 4 rings (SSSR count).